The minimum absolute atomic E-state index is 0.0756. The van der Waals surface area contributed by atoms with E-state index in [2.05, 4.69) is 5.32 Å². The topological polar surface area (TPSA) is 78.7 Å². The number of carbonyl (C=O) groups is 2. The Morgan fingerprint density at radius 3 is 2.29 bits per heavy atom. The van der Waals surface area contributed by atoms with Crippen molar-refractivity contribution in [2.45, 2.75) is 51.9 Å². The third kappa shape index (κ3) is 7.55. The molecule has 1 fully saturated rings. The summed E-state index contributed by atoms with van der Waals surface area (Å²) in [7, 11) is 0. The van der Waals surface area contributed by atoms with Crippen molar-refractivity contribution in [3.8, 4) is 0 Å². The first-order valence-electron chi connectivity index (χ1n) is 12.5. The molecule has 3 rings (SSSR count). The van der Waals surface area contributed by atoms with Gasteiger partial charge in [-0.2, -0.15) is 13.2 Å². The van der Waals surface area contributed by atoms with Gasteiger partial charge in [0.25, 0.3) is 0 Å². The Morgan fingerprint density at radius 2 is 1.74 bits per heavy atom. The summed E-state index contributed by atoms with van der Waals surface area (Å²) in [6.45, 7) is 6.02. The van der Waals surface area contributed by atoms with Crippen LogP contribution in [0.15, 0.2) is 36.4 Å². The van der Waals surface area contributed by atoms with E-state index in [4.69, 9.17) is 28.9 Å². The van der Waals surface area contributed by atoms with E-state index in [1.54, 1.807) is 34.1 Å². The number of carbonyl (C=O) groups excluding carboxylic acids is 2. The molecule has 1 heterocycles. The van der Waals surface area contributed by atoms with E-state index in [0.717, 1.165) is 6.07 Å². The van der Waals surface area contributed by atoms with Crippen LogP contribution in [-0.2, 0) is 22.2 Å². The number of hydrogen-bond acceptors (Lipinski definition) is 4. The first kappa shape index (κ1) is 30.1. The van der Waals surface area contributed by atoms with Crippen molar-refractivity contribution >= 4 is 40.7 Å². The van der Waals surface area contributed by atoms with Crippen molar-refractivity contribution in [2.75, 3.05) is 31.1 Å². The summed E-state index contributed by atoms with van der Waals surface area (Å²) in [6, 6.07) is 7.58. The zero-order chi connectivity index (χ0) is 28.2. The molecule has 3 N–H and O–H groups in total. The monoisotopic (exact) mass is 572 g/mol. The molecule has 1 aliphatic rings. The fourth-order valence-electron chi connectivity index (χ4n) is 4.80. The number of hydrogen-bond donors (Lipinski definition) is 2. The molecule has 0 bridgehead atoms. The minimum atomic E-state index is -4.55. The van der Waals surface area contributed by atoms with Crippen LogP contribution < -0.4 is 16.0 Å². The van der Waals surface area contributed by atoms with Gasteiger partial charge < -0.3 is 20.9 Å². The summed E-state index contributed by atoms with van der Waals surface area (Å²) in [4.78, 5) is 28.5. The zero-order valence-electron chi connectivity index (χ0n) is 21.6. The highest BCUT2D eigenvalue weighted by Crippen LogP contribution is 2.41. The highest BCUT2D eigenvalue weighted by atomic mass is 35.5. The highest BCUT2D eigenvalue weighted by Gasteiger charge is 2.38. The van der Waals surface area contributed by atoms with Gasteiger partial charge in [-0.05, 0) is 41.7 Å². The molecule has 38 heavy (non-hydrogen) atoms. The van der Waals surface area contributed by atoms with Crippen LogP contribution in [0.1, 0.15) is 49.9 Å². The molecule has 208 valence electrons. The van der Waals surface area contributed by atoms with E-state index in [1.807, 2.05) is 13.8 Å². The van der Waals surface area contributed by atoms with Gasteiger partial charge in [-0.1, -0.05) is 55.2 Å². The molecule has 0 saturated carbocycles. The van der Waals surface area contributed by atoms with Gasteiger partial charge in [0.15, 0.2) is 0 Å². The Labute approximate surface area is 231 Å². The number of nitrogens with one attached hydrogen (secondary N) is 1. The summed E-state index contributed by atoms with van der Waals surface area (Å²) in [5.74, 6) is -0.497. The molecule has 2 aromatic carbocycles. The van der Waals surface area contributed by atoms with Crippen molar-refractivity contribution < 1.29 is 22.8 Å². The van der Waals surface area contributed by atoms with Crippen LogP contribution in [0.3, 0.4) is 0 Å². The Morgan fingerprint density at radius 1 is 1.08 bits per heavy atom. The molecule has 2 aromatic rings. The van der Waals surface area contributed by atoms with E-state index < -0.39 is 23.8 Å². The molecular formula is C27H33Cl2F3N4O2. The quantitative estimate of drug-likeness (QED) is 0.440. The number of halogens is 5. The van der Waals surface area contributed by atoms with Gasteiger partial charge in [0.2, 0.25) is 11.8 Å². The lowest BCUT2D eigenvalue weighted by Crippen LogP contribution is -2.55. The SMILES string of the molecule is CC(=O)N[C@H](Cc1ccc(Cl)cc1Cl)C(=O)N1CCN(c2c([C@H](N)CC(C)C)cccc2C(F)(F)F)CC1. The second-order valence-electron chi connectivity index (χ2n) is 9.98. The fraction of sp³-hybridized carbons (Fsp3) is 0.481. The molecule has 0 aromatic heterocycles. The minimum Gasteiger partial charge on any atom is -0.367 e. The van der Waals surface area contributed by atoms with E-state index in [-0.39, 0.29) is 56.0 Å². The number of benzene rings is 2. The number of rotatable bonds is 8. The predicted octanol–water partition coefficient (Wildman–Crippen LogP) is 5.45. The fourth-order valence-corrected chi connectivity index (χ4v) is 5.29. The lowest BCUT2D eigenvalue weighted by Gasteiger charge is -2.40. The molecule has 2 atom stereocenters. The lowest BCUT2D eigenvalue weighted by atomic mass is 9.93. The Balaban J connectivity index is 1.82. The molecule has 11 heteroatoms. The van der Waals surface area contributed by atoms with Gasteiger partial charge in [-0.15, -0.1) is 0 Å². The van der Waals surface area contributed by atoms with Crippen LogP contribution in [0.2, 0.25) is 10.0 Å². The number of piperazine rings is 1. The highest BCUT2D eigenvalue weighted by molar-refractivity contribution is 6.35. The van der Waals surface area contributed by atoms with Crippen molar-refractivity contribution in [1.29, 1.82) is 0 Å². The van der Waals surface area contributed by atoms with Gasteiger partial charge in [-0.3, -0.25) is 9.59 Å². The second kappa shape index (κ2) is 12.6. The molecule has 0 unspecified atom stereocenters. The summed E-state index contributed by atoms with van der Waals surface area (Å²) in [6.07, 6.45) is -3.86. The number of alkyl halides is 3. The van der Waals surface area contributed by atoms with Crippen LogP contribution in [0.25, 0.3) is 0 Å². The van der Waals surface area contributed by atoms with Crippen LogP contribution in [0.4, 0.5) is 18.9 Å². The average Bonchev–Trinajstić information content (AvgIpc) is 2.83. The summed E-state index contributed by atoms with van der Waals surface area (Å²) in [5, 5.41) is 3.50. The van der Waals surface area contributed by atoms with Crippen molar-refractivity contribution in [2.24, 2.45) is 11.7 Å². The molecule has 6 nitrogen and oxygen atoms in total. The first-order valence-corrected chi connectivity index (χ1v) is 13.2. The number of para-hydroxylation sites is 1. The molecular weight excluding hydrogens is 540 g/mol. The maximum Gasteiger partial charge on any atom is 0.418 e. The lowest BCUT2D eigenvalue weighted by molar-refractivity contribution is -0.138. The third-order valence-corrected chi connectivity index (χ3v) is 7.11. The summed E-state index contributed by atoms with van der Waals surface area (Å²) in [5.41, 5.74) is 6.79. The van der Waals surface area contributed by atoms with Crippen molar-refractivity contribution in [1.82, 2.24) is 10.2 Å². The van der Waals surface area contributed by atoms with Crippen LogP contribution >= 0.6 is 23.2 Å². The molecule has 1 aliphatic heterocycles. The van der Waals surface area contributed by atoms with Crippen LogP contribution in [-0.4, -0.2) is 48.9 Å². The summed E-state index contributed by atoms with van der Waals surface area (Å²) < 4.78 is 42.0. The normalized spacial score (nSPS) is 15.9. The molecule has 2 amide bonds. The molecule has 0 radical (unpaired) electrons. The van der Waals surface area contributed by atoms with Crippen molar-refractivity contribution in [3.05, 3.63) is 63.1 Å². The Kier molecular flexibility index (Phi) is 9.95. The third-order valence-electron chi connectivity index (χ3n) is 6.52. The van der Waals surface area contributed by atoms with Gasteiger partial charge in [0, 0.05) is 55.6 Å². The maximum absolute atomic E-state index is 14.0. The summed E-state index contributed by atoms with van der Waals surface area (Å²) >= 11 is 12.2. The standard InChI is InChI=1S/C27H33Cl2F3N4O2/c1-16(2)13-23(33)20-5-4-6-21(27(30,31)32)25(20)35-9-11-36(12-10-35)26(38)24(34-17(3)37)14-18-7-8-19(28)15-22(18)29/h4-8,15-16,23-24H,9-14,33H2,1-3H3,(H,34,37)/t23-,24-/m1/s1. The largest absolute Gasteiger partial charge is 0.418 e. The van der Waals surface area contributed by atoms with Gasteiger partial charge in [-0.25, -0.2) is 0 Å². The number of nitrogens with zero attached hydrogens (tertiary/aromatic N) is 2. The van der Waals surface area contributed by atoms with Gasteiger partial charge in [0.05, 0.1) is 11.3 Å². The average molecular weight is 573 g/mol. The Hall–Kier alpha value is -2.49. The number of amides is 2. The second-order valence-corrected chi connectivity index (χ2v) is 10.8. The Bertz CT molecular complexity index is 1150. The molecule has 0 aliphatic carbocycles. The predicted molar refractivity (Wildman–Crippen MR) is 144 cm³/mol. The van der Waals surface area contributed by atoms with E-state index >= 15 is 0 Å². The first-order chi connectivity index (χ1) is 17.8. The van der Waals surface area contributed by atoms with Crippen LogP contribution in [0, 0.1) is 5.92 Å². The van der Waals surface area contributed by atoms with Gasteiger partial charge in [0.1, 0.15) is 6.04 Å². The van der Waals surface area contributed by atoms with Gasteiger partial charge >= 0.3 is 6.18 Å². The van der Waals surface area contributed by atoms with E-state index in [1.165, 1.54) is 13.0 Å². The maximum atomic E-state index is 14.0. The smallest absolute Gasteiger partial charge is 0.367 e. The molecule has 1 saturated heterocycles. The van der Waals surface area contributed by atoms with E-state index in [9.17, 15) is 22.8 Å². The number of nitrogens with two attached hydrogens (primary N) is 1. The van der Waals surface area contributed by atoms with E-state index in [0.29, 0.717) is 27.6 Å². The zero-order valence-corrected chi connectivity index (χ0v) is 23.1. The van der Waals surface area contributed by atoms with Crippen molar-refractivity contribution in [3.63, 3.8) is 0 Å². The number of anilines is 1. The van der Waals surface area contributed by atoms with Crippen LogP contribution in [0.5, 0.6) is 0 Å². The molecule has 0 spiro atoms.